The summed E-state index contributed by atoms with van der Waals surface area (Å²) in [6.07, 6.45) is 2.71. The van der Waals surface area contributed by atoms with Gasteiger partial charge in [-0.05, 0) is 18.4 Å². The monoisotopic (exact) mass is 318 g/mol. The first-order chi connectivity index (χ1) is 11.3. The predicted octanol–water partition coefficient (Wildman–Crippen LogP) is 1.90. The highest BCUT2D eigenvalue weighted by Crippen LogP contribution is 2.32. The molecule has 2 aliphatic rings. The van der Waals surface area contributed by atoms with Crippen molar-refractivity contribution >= 4 is 0 Å². The van der Waals surface area contributed by atoms with Crippen LogP contribution in [0.25, 0.3) is 0 Å². The third kappa shape index (κ3) is 4.13. The summed E-state index contributed by atoms with van der Waals surface area (Å²) in [6, 6.07) is 11.5. The predicted molar refractivity (Wildman–Crippen MR) is 92.7 cm³/mol. The van der Waals surface area contributed by atoms with E-state index in [4.69, 9.17) is 9.47 Å². The lowest BCUT2D eigenvalue weighted by molar-refractivity contribution is -0.0213. The standard InChI is InChI=1S/C19H30N2O2/c1-22-13-12-20-14-17-18(15-20)21(11-9-19(17)23-2)10-8-16-6-4-3-5-7-16/h3-7,17-19H,8-15H2,1-2H3/t17-,18+,19-/m1/s1. The van der Waals surface area contributed by atoms with Gasteiger partial charge in [-0.15, -0.1) is 0 Å². The van der Waals surface area contributed by atoms with Crippen molar-refractivity contribution in [3.8, 4) is 0 Å². The van der Waals surface area contributed by atoms with Gasteiger partial charge < -0.3 is 9.47 Å². The Kier molecular flexibility index (Phi) is 6.06. The zero-order valence-corrected chi connectivity index (χ0v) is 14.5. The number of rotatable bonds is 7. The van der Waals surface area contributed by atoms with E-state index < -0.39 is 0 Å². The molecular weight excluding hydrogens is 288 g/mol. The Morgan fingerprint density at radius 3 is 2.65 bits per heavy atom. The van der Waals surface area contributed by atoms with Gasteiger partial charge in [0.15, 0.2) is 0 Å². The molecule has 0 radical (unpaired) electrons. The van der Waals surface area contributed by atoms with Crippen molar-refractivity contribution < 1.29 is 9.47 Å². The van der Waals surface area contributed by atoms with Gasteiger partial charge in [-0.25, -0.2) is 0 Å². The molecule has 0 aromatic heterocycles. The van der Waals surface area contributed by atoms with E-state index in [1.807, 2.05) is 7.11 Å². The molecule has 1 aromatic rings. The van der Waals surface area contributed by atoms with E-state index in [0.717, 1.165) is 52.2 Å². The zero-order chi connectivity index (χ0) is 16.1. The Morgan fingerprint density at radius 1 is 1.09 bits per heavy atom. The SMILES string of the molecule is COCCN1C[C@H]2[C@H](OC)CCN(CCc3ccccc3)[C@H]2C1. The summed E-state index contributed by atoms with van der Waals surface area (Å²) in [5.41, 5.74) is 1.44. The highest BCUT2D eigenvalue weighted by atomic mass is 16.5. The zero-order valence-electron chi connectivity index (χ0n) is 14.5. The number of benzene rings is 1. The lowest BCUT2D eigenvalue weighted by Crippen LogP contribution is -2.51. The second-order valence-electron chi connectivity index (χ2n) is 6.82. The fraction of sp³-hybridized carbons (Fsp3) is 0.684. The molecule has 4 heteroatoms. The third-order valence-electron chi connectivity index (χ3n) is 5.50. The molecular formula is C19H30N2O2. The van der Waals surface area contributed by atoms with Crippen LogP contribution in [0.1, 0.15) is 12.0 Å². The van der Waals surface area contributed by atoms with Gasteiger partial charge >= 0.3 is 0 Å². The summed E-state index contributed by atoms with van der Waals surface area (Å²) in [6.45, 7) is 6.47. The highest BCUT2D eigenvalue weighted by molar-refractivity contribution is 5.15. The van der Waals surface area contributed by atoms with Crippen LogP contribution in [-0.4, -0.2) is 75.5 Å². The number of methoxy groups -OCH3 is 2. The van der Waals surface area contributed by atoms with E-state index in [9.17, 15) is 0 Å². The molecule has 23 heavy (non-hydrogen) atoms. The molecule has 0 bridgehead atoms. The number of piperidine rings is 1. The highest BCUT2D eigenvalue weighted by Gasteiger charge is 2.43. The Hall–Kier alpha value is -0.940. The van der Waals surface area contributed by atoms with E-state index in [-0.39, 0.29) is 0 Å². The minimum atomic E-state index is 0.417. The Balaban J connectivity index is 1.60. The van der Waals surface area contributed by atoms with Crippen molar-refractivity contribution in [2.75, 3.05) is 53.6 Å². The van der Waals surface area contributed by atoms with Crippen molar-refractivity contribution in [2.45, 2.75) is 25.0 Å². The van der Waals surface area contributed by atoms with Crippen LogP contribution in [0.2, 0.25) is 0 Å². The van der Waals surface area contributed by atoms with Gasteiger partial charge in [0.05, 0.1) is 12.7 Å². The van der Waals surface area contributed by atoms with Gasteiger partial charge in [0.2, 0.25) is 0 Å². The maximum absolute atomic E-state index is 5.78. The molecule has 2 fully saturated rings. The van der Waals surface area contributed by atoms with Crippen LogP contribution in [0.5, 0.6) is 0 Å². The van der Waals surface area contributed by atoms with Gasteiger partial charge in [-0.3, -0.25) is 9.80 Å². The van der Waals surface area contributed by atoms with E-state index in [1.165, 1.54) is 5.56 Å². The van der Waals surface area contributed by atoms with Crippen molar-refractivity contribution in [1.82, 2.24) is 9.80 Å². The third-order valence-corrected chi connectivity index (χ3v) is 5.50. The van der Waals surface area contributed by atoms with E-state index >= 15 is 0 Å². The van der Waals surface area contributed by atoms with Crippen LogP contribution < -0.4 is 0 Å². The van der Waals surface area contributed by atoms with Crippen molar-refractivity contribution in [2.24, 2.45) is 5.92 Å². The molecule has 3 rings (SSSR count). The molecule has 128 valence electrons. The fourth-order valence-corrected chi connectivity index (χ4v) is 4.21. The number of ether oxygens (including phenoxy) is 2. The van der Waals surface area contributed by atoms with Crippen molar-refractivity contribution in [3.63, 3.8) is 0 Å². The van der Waals surface area contributed by atoms with Crippen molar-refractivity contribution in [3.05, 3.63) is 35.9 Å². The summed E-state index contributed by atoms with van der Waals surface area (Å²) >= 11 is 0. The summed E-state index contributed by atoms with van der Waals surface area (Å²) in [5, 5.41) is 0. The van der Waals surface area contributed by atoms with Crippen LogP contribution in [0.4, 0.5) is 0 Å². The maximum Gasteiger partial charge on any atom is 0.0639 e. The summed E-state index contributed by atoms with van der Waals surface area (Å²) in [7, 11) is 3.66. The maximum atomic E-state index is 5.78. The first-order valence-electron chi connectivity index (χ1n) is 8.84. The average Bonchev–Trinajstić information content (AvgIpc) is 3.03. The number of hydrogen-bond donors (Lipinski definition) is 0. The van der Waals surface area contributed by atoms with Gasteiger partial charge in [-0.1, -0.05) is 30.3 Å². The summed E-state index contributed by atoms with van der Waals surface area (Å²) in [5.74, 6) is 0.640. The molecule has 0 N–H and O–H groups in total. The minimum absolute atomic E-state index is 0.417. The summed E-state index contributed by atoms with van der Waals surface area (Å²) in [4.78, 5) is 5.24. The molecule has 2 aliphatic heterocycles. The number of fused-ring (bicyclic) bond motifs is 1. The number of likely N-dealkylation sites (tertiary alicyclic amines) is 2. The van der Waals surface area contributed by atoms with E-state index in [0.29, 0.717) is 18.1 Å². The molecule has 4 nitrogen and oxygen atoms in total. The molecule has 0 spiro atoms. The Morgan fingerprint density at radius 2 is 1.91 bits per heavy atom. The molecule has 1 aromatic carbocycles. The molecule has 2 heterocycles. The van der Waals surface area contributed by atoms with E-state index in [1.54, 1.807) is 7.11 Å². The molecule has 0 amide bonds. The molecule has 0 saturated carbocycles. The largest absolute Gasteiger partial charge is 0.383 e. The van der Waals surface area contributed by atoms with Gasteiger partial charge in [0.25, 0.3) is 0 Å². The average molecular weight is 318 g/mol. The molecule has 0 unspecified atom stereocenters. The Labute approximate surface area is 140 Å². The molecule has 2 saturated heterocycles. The first-order valence-corrected chi connectivity index (χ1v) is 8.84. The van der Waals surface area contributed by atoms with Crippen LogP contribution in [0, 0.1) is 5.92 Å². The topological polar surface area (TPSA) is 24.9 Å². The first kappa shape index (κ1) is 16.9. The smallest absolute Gasteiger partial charge is 0.0639 e. The van der Waals surface area contributed by atoms with Crippen LogP contribution in [0.3, 0.4) is 0 Å². The van der Waals surface area contributed by atoms with Gasteiger partial charge in [-0.2, -0.15) is 0 Å². The number of hydrogen-bond acceptors (Lipinski definition) is 4. The quantitative estimate of drug-likeness (QED) is 0.767. The van der Waals surface area contributed by atoms with Crippen LogP contribution in [-0.2, 0) is 15.9 Å². The second-order valence-corrected chi connectivity index (χ2v) is 6.82. The van der Waals surface area contributed by atoms with Gasteiger partial charge in [0.1, 0.15) is 0 Å². The molecule has 0 aliphatic carbocycles. The van der Waals surface area contributed by atoms with E-state index in [2.05, 4.69) is 40.1 Å². The lowest BCUT2D eigenvalue weighted by atomic mass is 9.88. The Bertz CT molecular complexity index is 468. The second kappa shape index (κ2) is 8.25. The summed E-state index contributed by atoms with van der Waals surface area (Å²) < 4.78 is 11.0. The van der Waals surface area contributed by atoms with Gasteiger partial charge in [0, 0.05) is 58.9 Å². The lowest BCUT2D eigenvalue weighted by Gasteiger charge is -2.41. The normalized spacial score (nSPS) is 28.9. The minimum Gasteiger partial charge on any atom is -0.383 e. The van der Waals surface area contributed by atoms with Crippen LogP contribution in [0.15, 0.2) is 30.3 Å². The van der Waals surface area contributed by atoms with Crippen molar-refractivity contribution in [1.29, 1.82) is 0 Å². The molecule has 3 atom stereocenters. The fourth-order valence-electron chi connectivity index (χ4n) is 4.21. The number of nitrogens with zero attached hydrogens (tertiary/aromatic N) is 2. The van der Waals surface area contributed by atoms with Crippen LogP contribution >= 0.6 is 0 Å².